The quantitative estimate of drug-likeness (QED) is 0.638. The zero-order chi connectivity index (χ0) is 17.7. The van der Waals surface area contributed by atoms with Gasteiger partial charge in [0.05, 0.1) is 18.0 Å². The third kappa shape index (κ3) is 4.89. The maximum Gasteiger partial charge on any atom is 0.244 e. The minimum atomic E-state index is -3.77. The number of amides is 1. The second kappa shape index (κ2) is 8.57. The summed E-state index contributed by atoms with van der Waals surface area (Å²) in [5.41, 5.74) is 0. The fraction of sp³-hybridized carbons (Fsp3) is 0.267. The van der Waals surface area contributed by atoms with E-state index in [0.29, 0.717) is 15.5 Å². The zero-order valence-electron chi connectivity index (χ0n) is 12.8. The van der Waals surface area contributed by atoms with Crippen molar-refractivity contribution >= 4 is 59.1 Å². The van der Waals surface area contributed by atoms with Crippen LogP contribution in [0.25, 0.3) is 0 Å². The molecule has 0 aliphatic rings. The van der Waals surface area contributed by atoms with Gasteiger partial charge in [-0.05, 0) is 45.6 Å². The Kier molecular flexibility index (Phi) is 6.99. The standard InChI is InChI=1S/C15H16Br2N2O3S2/c1-2-19(10-15(20)18-9-12-4-3-7-23-12)24(21,22)14-8-11(16)5-6-13(14)17/h3-8H,2,9-10H2,1H3,(H,18,20). The van der Waals surface area contributed by atoms with Crippen LogP contribution in [0.15, 0.2) is 49.6 Å². The van der Waals surface area contributed by atoms with Gasteiger partial charge in [-0.1, -0.05) is 28.9 Å². The molecule has 130 valence electrons. The zero-order valence-corrected chi connectivity index (χ0v) is 17.6. The number of halogens is 2. The monoisotopic (exact) mass is 494 g/mol. The van der Waals surface area contributed by atoms with Crippen LogP contribution in [0.4, 0.5) is 0 Å². The van der Waals surface area contributed by atoms with Gasteiger partial charge < -0.3 is 5.32 Å². The van der Waals surface area contributed by atoms with Gasteiger partial charge in [0.15, 0.2) is 0 Å². The van der Waals surface area contributed by atoms with Crippen LogP contribution in [0.2, 0.25) is 0 Å². The van der Waals surface area contributed by atoms with Crippen LogP contribution in [-0.2, 0) is 21.4 Å². The number of hydrogen-bond acceptors (Lipinski definition) is 4. The van der Waals surface area contributed by atoms with E-state index in [4.69, 9.17) is 0 Å². The maximum absolute atomic E-state index is 12.8. The number of carbonyl (C=O) groups excluding carboxylic acids is 1. The Hall–Kier alpha value is -0.740. The normalized spacial score (nSPS) is 11.7. The topological polar surface area (TPSA) is 66.5 Å². The molecule has 0 saturated carbocycles. The molecule has 0 unspecified atom stereocenters. The van der Waals surface area contributed by atoms with Crippen molar-refractivity contribution < 1.29 is 13.2 Å². The van der Waals surface area contributed by atoms with Gasteiger partial charge in [0.2, 0.25) is 15.9 Å². The fourth-order valence-electron chi connectivity index (χ4n) is 2.00. The lowest BCUT2D eigenvalue weighted by Gasteiger charge is -2.21. The van der Waals surface area contributed by atoms with E-state index in [1.807, 2.05) is 17.5 Å². The summed E-state index contributed by atoms with van der Waals surface area (Å²) in [6.07, 6.45) is 0. The number of hydrogen-bond donors (Lipinski definition) is 1. The van der Waals surface area contributed by atoms with Crippen molar-refractivity contribution in [3.8, 4) is 0 Å². The number of rotatable bonds is 7. The molecule has 0 fully saturated rings. The first kappa shape index (κ1) is 19.6. The van der Waals surface area contributed by atoms with E-state index in [9.17, 15) is 13.2 Å². The van der Waals surface area contributed by atoms with E-state index in [2.05, 4.69) is 37.2 Å². The predicted molar refractivity (Wildman–Crippen MR) is 102 cm³/mol. The summed E-state index contributed by atoms with van der Waals surface area (Å²) in [6.45, 7) is 2.08. The third-order valence-corrected chi connectivity index (χ3v) is 7.51. The summed E-state index contributed by atoms with van der Waals surface area (Å²) in [5.74, 6) is -0.333. The molecule has 0 aliphatic heterocycles. The highest BCUT2D eigenvalue weighted by atomic mass is 79.9. The number of sulfonamides is 1. The van der Waals surface area contributed by atoms with Crippen molar-refractivity contribution in [2.24, 2.45) is 0 Å². The van der Waals surface area contributed by atoms with E-state index < -0.39 is 10.0 Å². The van der Waals surface area contributed by atoms with Crippen molar-refractivity contribution in [3.05, 3.63) is 49.5 Å². The van der Waals surface area contributed by atoms with E-state index in [1.165, 1.54) is 17.4 Å². The summed E-state index contributed by atoms with van der Waals surface area (Å²) in [4.78, 5) is 13.3. The van der Waals surface area contributed by atoms with Crippen LogP contribution in [0, 0.1) is 0 Å². The lowest BCUT2D eigenvalue weighted by atomic mass is 10.4. The van der Waals surface area contributed by atoms with Crippen molar-refractivity contribution in [3.63, 3.8) is 0 Å². The number of benzene rings is 1. The summed E-state index contributed by atoms with van der Waals surface area (Å²) in [7, 11) is -3.77. The van der Waals surface area contributed by atoms with Crippen molar-refractivity contribution in [2.75, 3.05) is 13.1 Å². The molecule has 1 N–H and O–H groups in total. The van der Waals surface area contributed by atoms with E-state index >= 15 is 0 Å². The molecule has 1 aromatic carbocycles. The number of thiophene rings is 1. The van der Waals surface area contributed by atoms with E-state index in [1.54, 1.807) is 19.1 Å². The lowest BCUT2D eigenvalue weighted by Crippen LogP contribution is -2.40. The lowest BCUT2D eigenvalue weighted by molar-refractivity contribution is -0.121. The molecule has 0 spiro atoms. The maximum atomic E-state index is 12.8. The van der Waals surface area contributed by atoms with Crippen LogP contribution < -0.4 is 5.32 Å². The highest BCUT2D eigenvalue weighted by Gasteiger charge is 2.27. The first-order valence-electron chi connectivity index (χ1n) is 7.09. The van der Waals surface area contributed by atoms with Gasteiger partial charge >= 0.3 is 0 Å². The smallest absolute Gasteiger partial charge is 0.244 e. The highest BCUT2D eigenvalue weighted by Crippen LogP contribution is 2.28. The van der Waals surface area contributed by atoms with Crippen molar-refractivity contribution in [1.82, 2.24) is 9.62 Å². The first-order chi connectivity index (χ1) is 11.3. The van der Waals surface area contributed by atoms with Crippen LogP contribution in [0.3, 0.4) is 0 Å². The Morgan fingerprint density at radius 2 is 2.04 bits per heavy atom. The minimum absolute atomic E-state index is 0.129. The average Bonchev–Trinajstić information content (AvgIpc) is 3.06. The van der Waals surface area contributed by atoms with Crippen LogP contribution in [-0.4, -0.2) is 31.7 Å². The number of nitrogens with zero attached hydrogens (tertiary/aromatic N) is 1. The molecular weight excluding hydrogens is 480 g/mol. The Balaban J connectivity index is 2.11. The molecule has 2 rings (SSSR count). The fourth-order valence-corrected chi connectivity index (χ4v) is 5.51. The second-order valence-corrected chi connectivity index (χ2v) is 9.57. The van der Waals surface area contributed by atoms with Gasteiger partial charge in [0.1, 0.15) is 0 Å². The Morgan fingerprint density at radius 3 is 2.67 bits per heavy atom. The predicted octanol–water partition coefficient (Wildman–Crippen LogP) is 3.60. The number of likely N-dealkylation sites (N-methyl/N-ethyl adjacent to an activating group) is 1. The van der Waals surface area contributed by atoms with E-state index in [-0.39, 0.29) is 23.9 Å². The molecule has 1 amide bonds. The minimum Gasteiger partial charge on any atom is -0.350 e. The van der Waals surface area contributed by atoms with Crippen LogP contribution >= 0.6 is 43.2 Å². The third-order valence-electron chi connectivity index (χ3n) is 3.22. The van der Waals surface area contributed by atoms with Gasteiger partial charge in [-0.3, -0.25) is 4.79 Å². The summed E-state index contributed by atoms with van der Waals surface area (Å²) >= 11 is 8.07. The summed E-state index contributed by atoms with van der Waals surface area (Å²) in [5, 5.41) is 4.67. The van der Waals surface area contributed by atoms with E-state index in [0.717, 1.165) is 9.18 Å². The van der Waals surface area contributed by atoms with Crippen LogP contribution in [0.1, 0.15) is 11.8 Å². The van der Waals surface area contributed by atoms with Crippen LogP contribution in [0.5, 0.6) is 0 Å². The number of nitrogens with one attached hydrogen (secondary N) is 1. The van der Waals surface area contributed by atoms with Crippen molar-refractivity contribution in [2.45, 2.75) is 18.4 Å². The molecule has 9 heteroatoms. The molecule has 0 bridgehead atoms. The average molecular weight is 496 g/mol. The Labute approximate surface area is 162 Å². The molecular formula is C15H16Br2N2O3S2. The molecule has 0 aliphatic carbocycles. The van der Waals surface area contributed by atoms with Gasteiger partial charge in [-0.15, -0.1) is 11.3 Å². The molecule has 2 aromatic rings. The molecule has 0 radical (unpaired) electrons. The molecule has 1 aromatic heterocycles. The number of carbonyl (C=O) groups is 1. The Morgan fingerprint density at radius 1 is 1.29 bits per heavy atom. The molecule has 5 nitrogen and oxygen atoms in total. The SMILES string of the molecule is CCN(CC(=O)NCc1cccs1)S(=O)(=O)c1cc(Br)ccc1Br. The highest BCUT2D eigenvalue weighted by molar-refractivity contribution is 9.11. The first-order valence-corrected chi connectivity index (χ1v) is 11.0. The second-order valence-electron chi connectivity index (χ2n) is 4.86. The van der Waals surface area contributed by atoms with Gasteiger partial charge in [-0.2, -0.15) is 4.31 Å². The molecule has 1 heterocycles. The van der Waals surface area contributed by atoms with Gasteiger partial charge in [0, 0.05) is 20.4 Å². The van der Waals surface area contributed by atoms with Gasteiger partial charge in [0.25, 0.3) is 0 Å². The summed E-state index contributed by atoms with van der Waals surface area (Å²) in [6, 6.07) is 8.73. The van der Waals surface area contributed by atoms with Crippen molar-refractivity contribution in [1.29, 1.82) is 0 Å². The van der Waals surface area contributed by atoms with Gasteiger partial charge in [-0.25, -0.2) is 8.42 Å². The summed E-state index contributed by atoms with van der Waals surface area (Å²) < 4.78 is 27.9. The largest absolute Gasteiger partial charge is 0.350 e. The molecule has 24 heavy (non-hydrogen) atoms. The molecule has 0 saturated heterocycles. The Bertz CT molecular complexity index is 808. The molecule has 0 atom stereocenters.